The number of carbonyl (C=O) groups is 1. The van der Waals surface area contributed by atoms with E-state index in [4.69, 9.17) is 10.2 Å². The highest BCUT2D eigenvalue weighted by Crippen LogP contribution is 1.89. The molecule has 0 saturated carbocycles. The molecule has 1 aromatic rings. The van der Waals surface area contributed by atoms with Crippen LogP contribution in [0.4, 0.5) is 0 Å². The topological polar surface area (TPSA) is 135 Å². The van der Waals surface area contributed by atoms with Crippen LogP contribution in [0.2, 0.25) is 0 Å². The van der Waals surface area contributed by atoms with Crippen LogP contribution in [0.1, 0.15) is 5.69 Å². The molecule has 0 atom stereocenters. The second-order valence-electron chi connectivity index (χ2n) is 3.42. The van der Waals surface area contributed by atoms with E-state index in [2.05, 4.69) is 10.3 Å². The first-order valence-electron chi connectivity index (χ1n) is 4.88. The fourth-order valence-electron chi connectivity index (χ4n) is 1.22. The van der Waals surface area contributed by atoms with Crippen molar-refractivity contribution >= 4 is 5.91 Å². The Balaban J connectivity index is 2.68. The largest absolute Gasteiger partial charge is 0.394 e. The van der Waals surface area contributed by atoms with Crippen LogP contribution in [-0.2, 0) is 11.2 Å². The van der Waals surface area contributed by atoms with Gasteiger partial charge in [-0.25, -0.2) is 4.79 Å². The van der Waals surface area contributed by atoms with Crippen molar-refractivity contribution in [2.75, 3.05) is 13.2 Å². The lowest BCUT2D eigenvalue weighted by Gasteiger charge is -2.12. The van der Waals surface area contributed by atoms with Crippen LogP contribution in [0.25, 0.3) is 0 Å². The van der Waals surface area contributed by atoms with Gasteiger partial charge in [0.25, 0.3) is 5.56 Å². The predicted octanol–water partition coefficient (Wildman–Crippen LogP) is -2.92. The van der Waals surface area contributed by atoms with Crippen molar-refractivity contribution in [1.29, 1.82) is 0 Å². The maximum Gasteiger partial charge on any atom is 0.325 e. The van der Waals surface area contributed by atoms with Gasteiger partial charge in [0.15, 0.2) is 0 Å². The van der Waals surface area contributed by atoms with E-state index in [1.54, 1.807) is 0 Å². The molecule has 1 amide bonds. The quantitative estimate of drug-likeness (QED) is 0.377. The second kappa shape index (κ2) is 5.97. The zero-order valence-corrected chi connectivity index (χ0v) is 8.90. The molecule has 0 bridgehead atoms. The summed E-state index contributed by atoms with van der Waals surface area (Å²) in [7, 11) is 0. The maximum atomic E-state index is 11.4. The lowest BCUT2D eigenvalue weighted by Crippen LogP contribution is -2.41. The van der Waals surface area contributed by atoms with Crippen LogP contribution in [0, 0.1) is 0 Å². The van der Waals surface area contributed by atoms with Crippen LogP contribution in [-0.4, -0.2) is 45.3 Å². The number of aliphatic hydroxyl groups is 2. The number of rotatable bonds is 5. The highest BCUT2D eigenvalue weighted by molar-refractivity contribution is 5.78. The van der Waals surface area contributed by atoms with E-state index in [0.29, 0.717) is 0 Å². The summed E-state index contributed by atoms with van der Waals surface area (Å²) in [5, 5.41) is 19.8. The monoisotopic (exact) mass is 243 g/mol. The molecule has 0 radical (unpaired) electrons. The van der Waals surface area contributed by atoms with Gasteiger partial charge in [0, 0.05) is 11.8 Å². The summed E-state index contributed by atoms with van der Waals surface area (Å²) in [6, 6.07) is 0.338. The molecule has 0 aliphatic rings. The molecular formula is C9H13N3O5. The van der Waals surface area contributed by atoms with Gasteiger partial charge in [0.2, 0.25) is 5.91 Å². The van der Waals surface area contributed by atoms with Crippen molar-refractivity contribution in [3.05, 3.63) is 32.6 Å². The number of hydrogen-bond donors (Lipinski definition) is 5. The third-order valence-electron chi connectivity index (χ3n) is 1.97. The molecule has 0 aliphatic carbocycles. The van der Waals surface area contributed by atoms with Crippen molar-refractivity contribution < 1.29 is 15.0 Å². The van der Waals surface area contributed by atoms with Crippen molar-refractivity contribution in [2.24, 2.45) is 0 Å². The Bertz CT molecular complexity index is 460. The predicted molar refractivity (Wildman–Crippen MR) is 57.5 cm³/mol. The average Bonchev–Trinajstić information content (AvgIpc) is 2.24. The van der Waals surface area contributed by atoms with E-state index in [9.17, 15) is 14.4 Å². The second-order valence-corrected chi connectivity index (χ2v) is 3.42. The summed E-state index contributed by atoms with van der Waals surface area (Å²) >= 11 is 0. The number of hydrogen-bond acceptors (Lipinski definition) is 5. The van der Waals surface area contributed by atoms with Gasteiger partial charge in [-0.1, -0.05) is 0 Å². The number of H-pyrrole nitrogens is 2. The van der Waals surface area contributed by atoms with Crippen LogP contribution in [0.5, 0.6) is 0 Å². The van der Waals surface area contributed by atoms with Gasteiger partial charge in [0.1, 0.15) is 0 Å². The van der Waals surface area contributed by atoms with Gasteiger partial charge in [-0.15, -0.1) is 0 Å². The lowest BCUT2D eigenvalue weighted by atomic mass is 10.2. The Labute approximate surface area is 95.3 Å². The van der Waals surface area contributed by atoms with Gasteiger partial charge in [-0.05, 0) is 0 Å². The smallest absolute Gasteiger partial charge is 0.325 e. The molecule has 5 N–H and O–H groups in total. The van der Waals surface area contributed by atoms with Gasteiger partial charge in [-0.2, -0.15) is 0 Å². The van der Waals surface area contributed by atoms with Crippen LogP contribution in [0.15, 0.2) is 15.7 Å². The van der Waals surface area contributed by atoms with Gasteiger partial charge >= 0.3 is 5.69 Å². The first-order chi connectivity index (χ1) is 8.05. The minimum atomic E-state index is -0.754. The highest BCUT2D eigenvalue weighted by atomic mass is 16.3. The van der Waals surface area contributed by atoms with Gasteiger partial charge in [0.05, 0.1) is 25.7 Å². The number of amides is 1. The number of aromatic nitrogens is 2. The summed E-state index contributed by atoms with van der Waals surface area (Å²) in [6.45, 7) is -0.789. The molecule has 17 heavy (non-hydrogen) atoms. The van der Waals surface area contributed by atoms with E-state index in [1.807, 2.05) is 4.98 Å². The molecule has 0 unspecified atom stereocenters. The van der Waals surface area contributed by atoms with Crippen molar-refractivity contribution in [3.8, 4) is 0 Å². The fraction of sp³-hybridized carbons (Fsp3) is 0.444. The molecule has 0 aliphatic heterocycles. The first-order valence-corrected chi connectivity index (χ1v) is 4.88. The molecule has 0 aromatic carbocycles. The summed E-state index contributed by atoms with van der Waals surface area (Å²) in [5.41, 5.74) is -1.13. The maximum absolute atomic E-state index is 11.4. The molecule has 94 valence electrons. The third kappa shape index (κ3) is 4.21. The number of nitrogens with one attached hydrogen (secondary N) is 3. The van der Waals surface area contributed by atoms with Crippen LogP contribution in [0.3, 0.4) is 0 Å². The van der Waals surface area contributed by atoms with E-state index in [-0.39, 0.29) is 12.1 Å². The third-order valence-corrected chi connectivity index (χ3v) is 1.97. The van der Waals surface area contributed by atoms with Crippen molar-refractivity contribution in [2.45, 2.75) is 12.5 Å². The molecular weight excluding hydrogens is 230 g/mol. The van der Waals surface area contributed by atoms with E-state index >= 15 is 0 Å². The molecule has 1 aromatic heterocycles. The molecule has 8 heteroatoms. The van der Waals surface area contributed by atoms with Crippen molar-refractivity contribution in [1.82, 2.24) is 15.3 Å². The zero-order chi connectivity index (χ0) is 12.8. The molecule has 0 saturated heterocycles. The number of aromatic amines is 2. The molecule has 0 fully saturated rings. The summed E-state index contributed by atoms with van der Waals surface area (Å²) in [4.78, 5) is 37.5. The fourth-order valence-corrected chi connectivity index (χ4v) is 1.22. The van der Waals surface area contributed by atoms with Gasteiger partial charge < -0.3 is 20.5 Å². The minimum Gasteiger partial charge on any atom is -0.394 e. The summed E-state index contributed by atoms with van der Waals surface area (Å²) in [5.74, 6) is -0.514. The molecule has 8 nitrogen and oxygen atoms in total. The minimum absolute atomic E-state index is 0.158. The highest BCUT2D eigenvalue weighted by Gasteiger charge is 2.11. The summed E-state index contributed by atoms with van der Waals surface area (Å²) in [6.07, 6.45) is -0.213. The lowest BCUT2D eigenvalue weighted by molar-refractivity contribution is -0.121. The van der Waals surface area contributed by atoms with Gasteiger partial charge in [-0.3, -0.25) is 14.6 Å². The van der Waals surface area contributed by atoms with E-state index < -0.39 is 36.4 Å². The van der Waals surface area contributed by atoms with E-state index in [1.165, 1.54) is 0 Å². The Morgan fingerprint density at radius 3 is 2.47 bits per heavy atom. The molecule has 0 spiro atoms. The Morgan fingerprint density at radius 2 is 1.94 bits per heavy atom. The Kier molecular flexibility index (Phi) is 4.61. The van der Waals surface area contributed by atoms with Crippen LogP contribution < -0.4 is 16.6 Å². The first kappa shape index (κ1) is 13.1. The number of carbonyl (C=O) groups excluding carboxylic acids is 1. The SMILES string of the molecule is O=C(Cc1cc(=O)[nH]c(=O)[nH]1)NC(CO)CO. The standard InChI is InChI=1S/C9H13N3O5/c13-3-6(4-14)10-7(15)1-5-2-8(16)12-9(17)11-5/h2,6,13-14H,1,3-4H2,(H,10,15)(H2,11,12,16,17). The summed E-state index contributed by atoms with van der Waals surface area (Å²) < 4.78 is 0. The van der Waals surface area contributed by atoms with Crippen molar-refractivity contribution in [3.63, 3.8) is 0 Å². The molecule has 1 heterocycles. The van der Waals surface area contributed by atoms with E-state index in [0.717, 1.165) is 6.07 Å². The Morgan fingerprint density at radius 1 is 1.29 bits per heavy atom. The Hall–Kier alpha value is -1.93. The average molecular weight is 243 g/mol. The van der Waals surface area contributed by atoms with Crippen LogP contribution >= 0.6 is 0 Å². The molecule has 1 rings (SSSR count). The normalized spacial score (nSPS) is 10.5. The zero-order valence-electron chi connectivity index (χ0n) is 8.90. The number of aliphatic hydroxyl groups excluding tert-OH is 2.